The Hall–Kier alpha value is -3.08. The standard InChI is InChI=1S/C24H30F3N5O3/c1-2-30-9-11-31(12-10-30)19-14-21(16-28-15-19)35-20-6-3-17(4-7-20)29-18-5-8-23(32(33)34)22(13-18)24(25,26)27/h5,8,13-17,20,29H,2-4,6-7,9-12H2,1H3. The number of hydrogen-bond donors (Lipinski definition) is 1. The van der Waals surface area contributed by atoms with Gasteiger partial charge >= 0.3 is 6.18 Å². The van der Waals surface area contributed by atoms with E-state index in [1.54, 1.807) is 6.20 Å². The van der Waals surface area contributed by atoms with E-state index in [4.69, 9.17) is 4.74 Å². The van der Waals surface area contributed by atoms with Gasteiger partial charge in [0.05, 0.1) is 29.1 Å². The molecule has 1 N–H and O–H groups in total. The van der Waals surface area contributed by atoms with Crippen LogP contribution < -0.4 is 15.0 Å². The summed E-state index contributed by atoms with van der Waals surface area (Å²) in [7, 11) is 0. The highest BCUT2D eigenvalue weighted by Gasteiger charge is 2.38. The summed E-state index contributed by atoms with van der Waals surface area (Å²) in [6, 6.07) is 5.04. The molecule has 0 radical (unpaired) electrons. The number of piperazine rings is 1. The van der Waals surface area contributed by atoms with Crippen molar-refractivity contribution < 1.29 is 22.8 Å². The molecule has 1 aromatic carbocycles. The molecule has 8 nitrogen and oxygen atoms in total. The summed E-state index contributed by atoms with van der Waals surface area (Å²) < 4.78 is 45.9. The summed E-state index contributed by atoms with van der Waals surface area (Å²) in [6.07, 6.45) is 1.71. The Labute approximate surface area is 202 Å². The number of anilines is 2. The Morgan fingerprint density at radius 1 is 1.11 bits per heavy atom. The van der Waals surface area contributed by atoms with Crippen molar-refractivity contribution in [3.63, 3.8) is 0 Å². The molecule has 2 fully saturated rings. The molecule has 0 spiro atoms. The lowest BCUT2D eigenvalue weighted by Gasteiger charge is -2.35. The molecule has 4 rings (SSSR count). The molecule has 2 aliphatic rings. The smallest absolute Gasteiger partial charge is 0.423 e. The van der Waals surface area contributed by atoms with Crippen molar-refractivity contribution in [1.29, 1.82) is 0 Å². The van der Waals surface area contributed by atoms with Gasteiger partial charge in [0.25, 0.3) is 5.69 Å². The minimum atomic E-state index is -4.79. The number of likely N-dealkylation sites (N-methyl/N-ethyl adjacent to an activating group) is 1. The van der Waals surface area contributed by atoms with E-state index >= 15 is 0 Å². The zero-order valence-electron chi connectivity index (χ0n) is 19.6. The van der Waals surface area contributed by atoms with E-state index in [-0.39, 0.29) is 17.8 Å². The molecule has 0 amide bonds. The van der Waals surface area contributed by atoms with Crippen molar-refractivity contribution in [1.82, 2.24) is 9.88 Å². The maximum Gasteiger partial charge on any atom is 0.423 e. The highest BCUT2D eigenvalue weighted by Crippen LogP contribution is 2.38. The number of nitro groups is 1. The number of rotatable bonds is 7. The SMILES string of the molecule is CCN1CCN(c2cncc(OC3CCC(Nc4ccc([N+](=O)[O-])c(C(F)(F)F)c4)CC3)c2)CC1. The van der Waals surface area contributed by atoms with Crippen LogP contribution in [0.2, 0.25) is 0 Å². The maximum absolute atomic E-state index is 13.2. The van der Waals surface area contributed by atoms with E-state index in [9.17, 15) is 23.3 Å². The van der Waals surface area contributed by atoms with Crippen LogP contribution in [0.25, 0.3) is 0 Å². The molecular formula is C24H30F3N5O3. The Morgan fingerprint density at radius 3 is 2.46 bits per heavy atom. The van der Waals surface area contributed by atoms with Crippen molar-refractivity contribution in [2.75, 3.05) is 42.9 Å². The fourth-order valence-corrected chi connectivity index (χ4v) is 4.73. The van der Waals surface area contributed by atoms with E-state index in [1.807, 2.05) is 12.3 Å². The Kier molecular flexibility index (Phi) is 7.63. The highest BCUT2D eigenvalue weighted by atomic mass is 19.4. The van der Waals surface area contributed by atoms with Crippen LogP contribution in [0.15, 0.2) is 36.7 Å². The van der Waals surface area contributed by atoms with E-state index < -0.39 is 22.4 Å². The molecular weight excluding hydrogens is 463 g/mol. The summed E-state index contributed by atoms with van der Waals surface area (Å²) in [5.41, 5.74) is -0.907. The van der Waals surface area contributed by atoms with E-state index in [0.717, 1.165) is 82.0 Å². The zero-order chi connectivity index (χ0) is 25.0. The molecule has 190 valence electrons. The summed E-state index contributed by atoms with van der Waals surface area (Å²) in [4.78, 5) is 19.0. The van der Waals surface area contributed by atoms with Crippen LogP contribution in [-0.2, 0) is 6.18 Å². The minimum absolute atomic E-state index is 0.00429. The van der Waals surface area contributed by atoms with Gasteiger partial charge < -0.3 is 19.9 Å². The molecule has 1 saturated heterocycles. The second kappa shape index (κ2) is 10.7. The third-order valence-corrected chi connectivity index (χ3v) is 6.73. The van der Waals surface area contributed by atoms with Crippen LogP contribution in [0.3, 0.4) is 0 Å². The van der Waals surface area contributed by atoms with Gasteiger partial charge in [-0.1, -0.05) is 6.92 Å². The van der Waals surface area contributed by atoms with Crippen LogP contribution >= 0.6 is 0 Å². The van der Waals surface area contributed by atoms with Crippen molar-refractivity contribution in [2.24, 2.45) is 0 Å². The Bertz CT molecular complexity index is 1020. The van der Waals surface area contributed by atoms with Crippen molar-refractivity contribution >= 4 is 17.1 Å². The Morgan fingerprint density at radius 2 is 1.83 bits per heavy atom. The third-order valence-electron chi connectivity index (χ3n) is 6.73. The summed E-state index contributed by atoms with van der Waals surface area (Å²) in [5, 5.41) is 14.1. The minimum Gasteiger partial charge on any atom is -0.489 e. The van der Waals surface area contributed by atoms with E-state index in [2.05, 4.69) is 27.0 Å². The second-order valence-electron chi connectivity index (χ2n) is 9.02. The summed E-state index contributed by atoms with van der Waals surface area (Å²) in [6.45, 7) is 7.18. The zero-order valence-corrected chi connectivity index (χ0v) is 19.6. The molecule has 2 heterocycles. The lowest BCUT2D eigenvalue weighted by molar-refractivity contribution is -0.388. The fraction of sp³-hybridized carbons (Fsp3) is 0.542. The molecule has 0 unspecified atom stereocenters. The molecule has 0 atom stereocenters. The highest BCUT2D eigenvalue weighted by molar-refractivity contribution is 5.55. The van der Waals surface area contributed by atoms with Crippen LogP contribution in [0, 0.1) is 10.1 Å². The summed E-state index contributed by atoms with van der Waals surface area (Å²) in [5.74, 6) is 0.724. The fourth-order valence-electron chi connectivity index (χ4n) is 4.73. The predicted molar refractivity (Wildman–Crippen MR) is 127 cm³/mol. The first-order valence-electron chi connectivity index (χ1n) is 11.9. The number of nitrogens with zero attached hydrogens (tertiary/aromatic N) is 4. The van der Waals surface area contributed by atoms with Crippen LogP contribution in [0.5, 0.6) is 5.75 Å². The van der Waals surface area contributed by atoms with Gasteiger partial charge in [-0.05, 0) is 44.4 Å². The van der Waals surface area contributed by atoms with Gasteiger partial charge in [0.15, 0.2) is 0 Å². The number of halogens is 3. The maximum atomic E-state index is 13.2. The first kappa shape index (κ1) is 25.0. The molecule has 11 heteroatoms. The number of ether oxygens (including phenoxy) is 1. The first-order chi connectivity index (χ1) is 16.7. The summed E-state index contributed by atoms with van der Waals surface area (Å²) >= 11 is 0. The number of nitrogens with one attached hydrogen (secondary N) is 1. The molecule has 1 saturated carbocycles. The largest absolute Gasteiger partial charge is 0.489 e. The number of nitro benzene ring substituents is 1. The lowest BCUT2D eigenvalue weighted by atomic mass is 9.92. The van der Waals surface area contributed by atoms with E-state index in [1.165, 1.54) is 6.07 Å². The molecule has 35 heavy (non-hydrogen) atoms. The molecule has 2 aromatic rings. The van der Waals surface area contributed by atoms with Gasteiger partial charge in [-0.3, -0.25) is 15.1 Å². The number of pyridine rings is 1. The topological polar surface area (TPSA) is 83.8 Å². The van der Waals surface area contributed by atoms with E-state index in [0.29, 0.717) is 0 Å². The Balaban J connectivity index is 1.31. The predicted octanol–water partition coefficient (Wildman–Crippen LogP) is 4.95. The quantitative estimate of drug-likeness (QED) is 0.432. The van der Waals surface area contributed by atoms with Gasteiger partial charge in [0, 0.05) is 50.0 Å². The van der Waals surface area contributed by atoms with Gasteiger partial charge in [-0.2, -0.15) is 13.2 Å². The van der Waals surface area contributed by atoms with Crippen LogP contribution in [0.4, 0.5) is 30.2 Å². The van der Waals surface area contributed by atoms with Gasteiger partial charge in [0.2, 0.25) is 0 Å². The van der Waals surface area contributed by atoms with Crippen molar-refractivity contribution in [2.45, 2.75) is 50.9 Å². The molecule has 1 aliphatic heterocycles. The van der Waals surface area contributed by atoms with Crippen molar-refractivity contribution in [3.8, 4) is 5.75 Å². The average Bonchev–Trinajstić information content (AvgIpc) is 2.85. The van der Waals surface area contributed by atoms with Gasteiger partial charge in [-0.25, -0.2) is 0 Å². The molecule has 0 bridgehead atoms. The number of benzene rings is 1. The monoisotopic (exact) mass is 493 g/mol. The number of aromatic nitrogens is 1. The normalized spacial score (nSPS) is 21.5. The first-order valence-corrected chi connectivity index (χ1v) is 11.9. The van der Waals surface area contributed by atoms with Crippen LogP contribution in [0.1, 0.15) is 38.2 Å². The lowest BCUT2D eigenvalue weighted by Crippen LogP contribution is -2.46. The van der Waals surface area contributed by atoms with Gasteiger partial charge in [-0.15, -0.1) is 0 Å². The third kappa shape index (κ3) is 6.33. The molecule has 1 aromatic heterocycles. The number of alkyl halides is 3. The van der Waals surface area contributed by atoms with Gasteiger partial charge in [0.1, 0.15) is 11.3 Å². The van der Waals surface area contributed by atoms with Crippen LogP contribution in [-0.4, -0.2) is 59.7 Å². The van der Waals surface area contributed by atoms with Crippen molar-refractivity contribution in [3.05, 3.63) is 52.3 Å². The second-order valence-corrected chi connectivity index (χ2v) is 9.02. The molecule has 1 aliphatic carbocycles. The average molecular weight is 494 g/mol. The number of hydrogen-bond acceptors (Lipinski definition) is 7.